The smallest absolute Gasteiger partial charge is 0.126 e. The van der Waals surface area contributed by atoms with E-state index in [-0.39, 0.29) is 5.41 Å². The normalized spacial score (nSPS) is 17.1. The summed E-state index contributed by atoms with van der Waals surface area (Å²) in [5.74, 6) is 2.07. The van der Waals surface area contributed by atoms with E-state index < -0.39 is 0 Å². The van der Waals surface area contributed by atoms with E-state index in [9.17, 15) is 0 Å². The van der Waals surface area contributed by atoms with Crippen LogP contribution in [0.1, 0.15) is 69.1 Å². The molecule has 1 aromatic rings. The van der Waals surface area contributed by atoms with Gasteiger partial charge < -0.3 is 10.5 Å². The number of benzene rings is 1. The summed E-state index contributed by atoms with van der Waals surface area (Å²) >= 11 is 0. The van der Waals surface area contributed by atoms with Gasteiger partial charge in [0.1, 0.15) is 5.75 Å². The minimum atomic E-state index is 0.176. The third-order valence-corrected chi connectivity index (χ3v) is 4.44. The van der Waals surface area contributed by atoms with E-state index in [1.807, 2.05) is 0 Å². The fourth-order valence-electron chi connectivity index (χ4n) is 3.02. The van der Waals surface area contributed by atoms with Gasteiger partial charge in [0.2, 0.25) is 0 Å². The maximum atomic E-state index is 6.06. The quantitative estimate of drug-likeness (QED) is 0.871. The maximum Gasteiger partial charge on any atom is 0.126 e. The fourth-order valence-corrected chi connectivity index (χ4v) is 3.02. The molecule has 0 unspecified atom stereocenters. The van der Waals surface area contributed by atoms with E-state index >= 15 is 0 Å². The van der Waals surface area contributed by atoms with Crippen LogP contribution in [0.5, 0.6) is 5.75 Å². The number of hydrogen-bond acceptors (Lipinski definition) is 2. The molecule has 0 heterocycles. The predicted molar refractivity (Wildman–Crippen MR) is 81.1 cm³/mol. The van der Waals surface area contributed by atoms with Gasteiger partial charge >= 0.3 is 0 Å². The first-order valence-corrected chi connectivity index (χ1v) is 7.38. The van der Waals surface area contributed by atoms with Gasteiger partial charge in [-0.25, -0.2) is 0 Å². The topological polar surface area (TPSA) is 35.2 Å². The second-order valence-corrected chi connectivity index (χ2v) is 6.45. The lowest BCUT2D eigenvalue weighted by Gasteiger charge is -2.26. The number of ether oxygens (including phenoxy) is 1. The van der Waals surface area contributed by atoms with Crippen LogP contribution in [0.3, 0.4) is 0 Å². The monoisotopic (exact) mass is 261 g/mol. The Bertz CT molecular complexity index is 459. The Morgan fingerprint density at radius 1 is 1.11 bits per heavy atom. The van der Waals surface area contributed by atoms with Gasteiger partial charge in [-0.3, -0.25) is 0 Å². The zero-order valence-corrected chi connectivity index (χ0v) is 12.9. The van der Waals surface area contributed by atoms with Crippen molar-refractivity contribution in [3.63, 3.8) is 0 Å². The zero-order valence-electron chi connectivity index (χ0n) is 12.9. The molecule has 0 amide bonds. The van der Waals surface area contributed by atoms with E-state index in [1.54, 1.807) is 7.11 Å². The molecule has 106 valence electrons. The van der Waals surface area contributed by atoms with Gasteiger partial charge in [-0.1, -0.05) is 39.8 Å². The number of nitrogens with two attached hydrogens (primary N) is 1. The minimum Gasteiger partial charge on any atom is -0.496 e. The largest absolute Gasteiger partial charge is 0.496 e. The van der Waals surface area contributed by atoms with Crippen molar-refractivity contribution in [3.05, 3.63) is 28.8 Å². The number of hydrogen-bond donors (Lipinski definition) is 1. The van der Waals surface area contributed by atoms with Gasteiger partial charge in [-0.2, -0.15) is 0 Å². The van der Waals surface area contributed by atoms with Gasteiger partial charge in [0.05, 0.1) is 7.11 Å². The van der Waals surface area contributed by atoms with E-state index in [0.717, 1.165) is 12.3 Å². The summed E-state index contributed by atoms with van der Waals surface area (Å²) in [6, 6.07) is 4.52. The first kappa shape index (κ1) is 14.4. The van der Waals surface area contributed by atoms with Gasteiger partial charge in [-0.05, 0) is 35.8 Å². The third-order valence-electron chi connectivity index (χ3n) is 4.44. The Kier molecular flexibility index (Phi) is 3.91. The lowest BCUT2D eigenvalue weighted by Crippen LogP contribution is -2.23. The molecule has 1 aromatic carbocycles. The van der Waals surface area contributed by atoms with Crippen LogP contribution in [0.4, 0.5) is 0 Å². The van der Waals surface area contributed by atoms with Crippen molar-refractivity contribution in [1.29, 1.82) is 0 Å². The molecule has 0 saturated heterocycles. The van der Waals surface area contributed by atoms with Crippen molar-refractivity contribution in [2.45, 2.75) is 57.8 Å². The summed E-state index contributed by atoms with van der Waals surface area (Å²) in [5, 5.41) is 0. The minimum absolute atomic E-state index is 0.176. The Morgan fingerprint density at radius 3 is 2.00 bits per heavy atom. The van der Waals surface area contributed by atoms with Gasteiger partial charge in [0.15, 0.2) is 0 Å². The van der Waals surface area contributed by atoms with Crippen LogP contribution < -0.4 is 10.5 Å². The van der Waals surface area contributed by atoms with Gasteiger partial charge in [0.25, 0.3) is 0 Å². The van der Waals surface area contributed by atoms with E-state index in [4.69, 9.17) is 10.5 Å². The number of rotatable bonds is 5. The van der Waals surface area contributed by atoms with E-state index in [2.05, 4.69) is 39.8 Å². The van der Waals surface area contributed by atoms with E-state index in [0.29, 0.717) is 11.8 Å². The van der Waals surface area contributed by atoms with Gasteiger partial charge in [-0.15, -0.1) is 0 Å². The molecule has 2 N–H and O–H groups in total. The summed E-state index contributed by atoms with van der Waals surface area (Å²) in [4.78, 5) is 0. The van der Waals surface area contributed by atoms with E-state index in [1.165, 1.54) is 29.5 Å². The first-order chi connectivity index (χ1) is 8.96. The summed E-state index contributed by atoms with van der Waals surface area (Å²) in [5.41, 5.74) is 10.3. The van der Waals surface area contributed by atoms with Crippen molar-refractivity contribution in [2.75, 3.05) is 13.7 Å². The molecule has 2 nitrogen and oxygen atoms in total. The fraction of sp³-hybridized carbons (Fsp3) is 0.647. The lowest BCUT2D eigenvalue weighted by molar-refractivity contribution is 0.395. The molecule has 1 fully saturated rings. The van der Waals surface area contributed by atoms with Crippen LogP contribution in [0, 0.1) is 0 Å². The molecule has 2 heteroatoms. The average molecular weight is 261 g/mol. The molecule has 0 aliphatic heterocycles. The van der Waals surface area contributed by atoms with Crippen LogP contribution >= 0.6 is 0 Å². The highest BCUT2D eigenvalue weighted by atomic mass is 16.5. The highest BCUT2D eigenvalue weighted by Gasteiger charge is 2.47. The SMILES string of the molecule is COc1c(C(C)C)ccc(C(C)C)c1C1(CN)CC1. The first-order valence-electron chi connectivity index (χ1n) is 7.38. The molecule has 0 bridgehead atoms. The maximum absolute atomic E-state index is 6.06. The number of methoxy groups -OCH3 is 1. The molecule has 0 atom stereocenters. The molecular formula is C17H27NO. The molecule has 0 spiro atoms. The van der Waals surface area contributed by atoms with Crippen LogP contribution in [-0.4, -0.2) is 13.7 Å². The summed E-state index contributed by atoms with van der Waals surface area (Å²) in [6.45, 7) is 9.67. The molecule has 0 radical (unpaired) electrons. The van der Waals surface area contributed by atoms with Gasteiger partial charge in [0, 0.05) is 17.5 Å². The van der Waals surface area contributed by atoms with Crippen molar-refractivity contribution in [3.8, 4) is 5.75 Å². The molecule has 1 aliphatic rings. The van der Waals surface area contributed by atoms with Crippen LogP contribution in [0.25, 0.3) is 0 Å². The van der Waals surface area contributed by atoms with Crippen LogP contribution in [0.15, 0.2) is 12.1 Å². The van der Waals surface area contributed by atoms with Crippen molar-refractivity contribution >= 4 is 0 Å². The highest BCUT2D eigenvalue weighted by molar-refractivity contribution is 5.55. The predicted octanol–water partition coefficient (Wildman–Crippen LogP) is 3.93. The standard InChI is InChI=1S/C17H27NO/c1-11(2)13-6-7-14(12(3)4)16(19-5)15(13)17(10-18)8-9-17/h6-7,11-12H,8-10,18H2,1-5H3. The molecule has 0 aromatic heterocycles. The third kappa shape index (κ3) is 2.38. The molecule has 1 saturated carbocycles. The molecule has 2 rings (SSSR count). The Labute approximate surface area is 117 Å². The zero-order chi connectivity index (χ0) is 14.2. The summed E-state index contributed by atoms with van der Waals surface area (Å²) < 4.78 is 5.80. The molecule has 1 aliphatic carbocycles. The van der Waals surface area contributed by atoms with Crippen LogP contribution in [-0.2, 0) is 5.41 Å². The van der Waals surface area contributed by atoms with Crippen molar-refractivity contribution in [2.24, 2.45) is 5.73 Å². The van der Waals surface area contributed by atoms with Crippen molar-refractivity contribution < 1.29 is 4.74 Å². The lowest BCUT2D eigenvalue weighted by atomic mass is 9.82. The molecule has 19 heavy (non-hydrogen) atoms. The second-order valence-electron chi connectivity index (χ2n) is 6.45. The molecular weight excluding hydrogens is 234 g/mol. The second kappa shape index (κ2) is 5.16. The Morgan fingerprint density at radius 2 is 1.63 bits per heavy atom. The Balaban J connectivity index is 2.67. The van der Waals surface area contributed by atoms with Crippen LogP contribution in [0.2, 0.25) is 0 Å². The average Bonchev–Trinajstić information content (AvgIpc) is 3.17. The highest BCUT2D eigenvalue weighted by Crippen LogP contribution is 2.54. The Hall–Kier alpha value is -1.02. The summed E-state index contributed by atoms with van der Waals surface area (Å²) in [6.07, 6.45) is 2.39. The summed E-state index contributed by atoms with van der Waals surface area (Å²) in [7, 11) is 1.79. The van der Waals surface area contributed by atoms with Crippen molar-refractivity contribution in [1.82, 2.24) is 0 Å².